The van der Waals surface area contributed by atoms with Gasteiger partial charge in [-0.1, -0.05) is 0 Å². The van der Waals surface area contributed by atoms with Gasteiger partial charge in [-0.3, -0.25) is 9.69 Å². The van der Waals surface area contributed by atoms with Crippen LogP contribution in [-0.2, 0) is 4.79 Å². The Bertz CT molecular complexity index is 517. The molecule has 0 aliphatic carbocycles. The minimum Gasteiger partial charge on any atom is -0.317 e. The number of anilines is 1. The van der Waals surface area contributed by atoms with Crippen LogP contribution in [0, 0.1) is 11.3 Å². The maximum absolute atomic E-state index is 12.0. The molecule has 2 rings (SSSR count). The molecule has 1 aromatic heterocycles. The molecule has 1 aliphatic heterocycles. The second kappa shape index (κ2) is 6.35. The Morgan fingerprint density at radius 1 is 1.65 bits per heavy atom. The predicted octanol–water partition coefficient (Wildman–Crippen LogP) is 1.63. The number of piperazine rings is 1. The zero-order valence-corrected chi connectivity index (χ0v) is 12.7. The molecule has 2 N–H and O–H groups in total. The molecule has 0 radical (unpaired) electrons. The van der Waals surface area contributed by atoms with Crippen molar-refractivity contribution in [3.05, 3.63) is 17.0 Å². The number of thiophene rings is 1. The summed E-state index contributed by atoms with van der Waals surface area (Å²) in [4.78, 5) is 14.3. The lowest BCUT2D eigenvalue weighted by Crippen LogP contribution is -2.58. The fraction of sp³-hybridized carbons (Fsp3) is 0.571. The molecule has 2 heterocycles. The lowest BCUT2D eigenvalue weighted by atomic mass is 10.00. The van der Waals surface area contributed by atoms with Crippen molar-refractivity contribution in [3.63, 3.8) is 0 Å². The minimum absolute atomic E-state index is 0.0294. The molecule has 20 heavy (non-hydrogen) atoms. The topological polar surface area (TPSA) is 68.2 Å². The van der Waals surface area contributed by atoms with Crippen molar-refractivity contribution in [1.29, 1.82) is 5.26 Å². The molecule has 0 unspecified atom stereocenters. The molecule has 0 atom stereocenters. The van der Waals surface area contributed by atoms with E-state index in [0.717, 1.165) is 26.2 Å². The van der Waals surface area contributed by atoms with Crippen molar-refractivity contribution in [2.75, 3.05) is 31.5 Å². The molecule has 5 nitrogen and oxygen atoms in total. The highest BCUT2D eigenvalue weighted by Gasteiger charge is 2.29. The van der Waals surface area contributed by atoms with Gasteiger partial charge in [0.1, 0.15) is 11.1 Å². The number of nitriles is 1. The largest absolute Gasteiger partial charge is 0.317 e. The van der Waals surface area contributed by atoms with E-state index in [9.17, 15) is 4.79 Å². The first-order valence-electron chi connectivity index (χ1n) is 6.76. The second-order valence-corrected chi connectivity index (χ2v) is 6.47. The lowest BCUT2D eigenvalue weighted by molar-refractivity contribution is -0.116. The average Bonchev–Trinajstić information content (AvgIpc) is 2.84. The SMILES string of the molecule is CC1(C)CNCCN1CCC(=O)Nc1sccc1C#N. The van der Waals surface area contributed by atoms with Crippen molar-refractivity contribution in [2.45, 2.75) is 25.8 Å². The fourth-order valence-electron chi connectivity index (χ4n) is 2.36. The van der Waals surface area contributed by atoms with E-state index < -0.39 is 0 Å². The molecule has 0 bridgehead atoms. The van der Waals surface area contributed by atoms with Crippen LogP contribution < -0.4 is 10.6 Å². The molecule has 0 spiro atoms. The van der Waals surface area contributed by atoms with Crippen molar-refractivity contribution in [2.24, 2.45) is 0 Å². The van der Waals surface area contributed by atoms with Crippen LogP contribution in [0.4, 0.5) is 5.00 Å². The van der Waals surface area contributed by atoms with Crippen molar-refractivity contribution in [1.82, 2.24) is 10.2 Å². The number of amides is 1. The normalized spacial score (nSPS) is 18.4. The Hall–Kier alpha value is -1.42. The number of carbonyl (C=O) groups is 1. The van der Waals surface area contributed by atoms with Crippen LogP contribution in [-0.4, -0.2) is 42.5 Å². The highest BCUT2D eigenvalue weighted by Crippen LogP contribution is 2.22. The van der Waals surface area contributed by atoms with E-state index in [1.54, 1.807) is 6.07 Å². The van der Waals surface area contributed by atoms with E-state index in [-0.39, 0.29) is 11.4 Å². The number of carbonyl (C=O) groups excluding carboxylic acids is 1. The molecule has 1 fully saturated rings. The summed E-state index contributed by atoms with van der Waals surface area (Å²) in [5.41, 5.74) is 0.616. The third-order valence-corrected chi connectivity index (χ3v) is 4.45. The van der Waals surface area contributed by atoms with E-state index >= 15 is 0 Å². The number of nitrogens with zero attached hydrogens (tertiary/aromatic N) is 2. The van der Waals surface area contributed by atoms with Gasteiger partial charge in [-0.05, 0) is 25.3 Å². The summed E-state index contributed by atoms with van der Waals surface area (Å²) < 4.78 is 0. The van der Waals surface area contributed by atoms with Gasteiger partial charge >= 0.3 is 0 Å². The average molecular weight is 292 g/mol. The second-order valence-electron chi connectivity index (χ2n) is 5.55. The summed E-state index contributed by atoms with van der Waals surface area (Å²) in [5, 5.41) is 17.6. The Labute approximate surface area is 123 Å². The summed E-state index contributed by atoms with van der Waals surface area (Å²) in [6.07, 6.45) is 0.451. The van der Waals surface area contributed by atoms with Gasteiger partial charge in [-0.2, -0.15) is 5.26 Å². The molecular formula is C14H20N4OS. The monoisotopic (exact) mass is 292 g/mol. The van der Waals surface area contributed by atoms with Gasteiger partial charge < -0.3 is 10.6 Å². The molecule has 1 saturated heterocycles. The smallest absolute Gasteiger partial charge is 0.226 e. The van der Waals surface area contributed by atoms with Crippen LogP contribution in [0.3, 0.4) is 0 Å². The van der Waals surface area contributed by atoms with Gasteiger partial charge in [0.2, 0.25) is 5.91 Å². The lowest BCUT2D eigenvalue weighted by Gasteiger charge is -2.42. The van der Waals surface area contributed by atoms with Gasteiger partial charge in [0, 0.05) is 38.1 Å². The van der Waals surface area contributed by atoms with Gasteiger partial charge in [0.15, 0.2) is 0 Å². The number of nitrogens with one attached hydrogen (secondary N) is 2. The molecule has 108 valence electrons. The van der Waals surface area contributed by atoms with Crippen LogP contribution in [0.5, 0.6) is 0 Å². The summed E-state index contributed by atoms with van der Waals surface area (Å²) in [7, 11) is 0. The van der Waals surface area contributed by atoms with E-state index in [4.69, 9.17) is 5.26 Å². The first kappa shape index (κ1) is 15.0. The van der Waals surface area contributed by atoms with Gasteiger partial charge in [-0.25, -0.2) is 0 Å². The summed E-state index contributed by atoms with van der Waals surface area (Å²) >= 11 is 1.39. The third kappa shape index (κ3) is 3.57. The Morgan fingerprint density at radius 3 is 3.15 bits per heavy atom. The van der Waals surface area contributed by atoms with E-state index in [1.807, 2.05) is 5.38 Å². The quantitative estimate of drug-likeness (QED) is 0.885. The number of hydrogen-bond acceptors (Lipinski definition) is 5. The first-order valence-corrected chi connectivity index (χ1v) is 7.64. The van der Waals surface area contributed by atoms with Gasteiger partial charge in [-0.15, -0.1) is 11.3 Å². The maximum atomic E-state index is 12.0. The van der Waals surface area contributed by atoms with Crippen LogP contribution in [0.15, 0.2) is 11.4 Å². The summed E-state index contributed by atoms with van der Waals surface area (Å²) in [6, 6.07) is 3.80. The first-order chi connectivity index (χ1) is 9.53. The Morgan fingerprint density at radius 2 is 2.45 bits per heavy atom. The van der Waals surface area contributed by atoms with Crippen molar-refractivity contribution >= 4 is 22.2 Å². The molecule has 0 saturated carbocycles. The molecule has 1 aliphatic rings. The van der Waals surface area contributed by atoms with E-state index in [1.165, 1.54) is 11.3 Å². The maximum Gasteiger partial charge on any atom is 0.226 e. The molecular weight excluding hydrogens is 272 g/mol. The fourth-order valence-corrected chi connectivity index (χ4v) is 3.11. The summed E-state index contributed by atoms with van der Waals surface area (Å²) in [6.45, 7) is 7.98. The minimum atomic E-state index is -0.0294. The van der Waals surface area contributed by atoms with Crippen LogP contribution in [0.2, 0.25) is 0 Å². The Kier molecular flexibility index (Phi) is 4.76. The predicted molar refractivity (Wildman–Crippen MR) is 80.8 cm³/mol. The zero-order chi connectivity index (χ0) is 14.6. The number of hydrogen-bond donors (Lipinski definition) is 2. The van der Waals surface area contributed by atoms with Crippen molar-refractivity contribution < 1.29 is 4.79 Å². The van der Waals surface area contributed by atoms with Crippen LogP contribution in [0.1, 0.15) is 25.8 Å². The highest BCUT2D eigenvalue weighted by atomic mass is 32.1. The molecule has 0 aromatic carbocycles. The van der Waals surface area contributed by atoms with E-state index in [2.05, 4.69) is 35.5 Å². The van der Waals surface area contributed by atoms with E-state index in [0.29, 0.717) is 17.0 Å². The zero-order valence-electron chi connectivity index (χ0n) is 11.9. The highest BCUT2D eigenvalue weighted by molar-refractivity contribution is 7.14. The summed E-state index contributed by atoms with van der Waals surface area (Å²) in [5.74, 6) is -0.0294. The molecule has 1 amide bonds. The molecule has 6 heteroatoms. The van der Waals surface area contributed by atoms with Crippen molar-refractivity contribution in [3.8, 4) is 6.07 Å². The van der Waals surface area contributed by atoms with Crippen LogP contribution in [0.25, 0.3) is 0 Å². The standard InChI is InChI=1S/C14H20N4OS/c1-14(2)10-16-5-7-18(14)6-3-12(19)17-13-11(9-15)4-8-20-13/h4,8,16H,3,5-7,10H2,1-2H3,(H,17,19). The third-order valence-electron chi connectivity index (χ3n) is 3.62. The molecule has 1 aromatic rings. The number of rotatable bonds is 4. The Balaban J connectivity index is 1.85. The van der Waals surface area contributed by atoms with Crippen LogP contribution >= 0.6 is 11.3 Å². The van der Waals surface area contributed by atoms with Gasteiger partial charge in [0.25, 0.3) is 0 Å². The van der Waals surface area contributed by atoms with Gasteiger partial charge in [0.05, 0.1) is 5.56 Å².